The monoisotopic (exact) mass is 624 g/mol. The van der Waals surface area contributed by atoms with Crippen LogP contribution >= 0.6 is 0 Å². The van der Waals surface area contributed by atoms with Gasteiger partial charge in [-0.25, -0.2) is 22.8 Å². The van der Waals surface area contributed by atoms with Crippen molar-refractivity contribution in [1.29, 1.82) is 0 Å². The first-order chi connectivity index (χ1) is 19.9. The highest BCUT2D eigenvalue weighted by molar-refractivity contribution is 7.90. The number of amides is 1. The zero-order chi connectivity index (χ0) is 31.5. The number of aromatic nitrogens is 5. The Balaban J connectivity index is 1.46. The number of rotatable bonds is 8. The molecule has 234 valence electrons. The number of hydrogen-bond acceptors (Lipinski definition) is 7. The average molecular weight is 625 g/mol. The van der Waals surface area contributed by atoms with E-state index in [2.05, 4.69) is 16.7 Å². The van der Waals surface area contributed by atoms with Gasteiger partial charge in [0, 0.05) is 24.3 Å². The molecule has 3 aromatic heterocycles. The number of pyridine rings is 1. The summed E-state index contributed by atoms with van der Waals surface area (Å²) in [6.07, 6.45) is -0.0506. The fourth-order valence-electron chi connectivity index (χ4n) is 5.99. The molecule has 0 radical (unpaired) electrons. The summed E-state index contributed by atoms with van der Waals surface area (Å²) >= 11 is 0. The van der Waals surface area contributed by atoms with Crippen molar-refractivity contribution in [3.63, 3.8) is 0 Å². The highest BCUT2D eigenvalue weighted by Gasteiger charge is 2.59. The molecule has 5 rings (SSSR count). The molecule has 0 aromatic carbocycles. The predicted molar refractivity (Wildman–Crippen MR) is 150 cm³/mol. The van der Waals surface area contributed by atoms with E-state index in [1.54, 1.807) is 30.4 Å². The number of ether oxygens (including phenoxy) is 1. The molecule has 4 heterocycles. The molecule has 1 atom stereocenters. The Kier molecular flexibility index (Phi) is 7.55. The standard InChI is InChI=1S/C28H36F3N7O4S/c1-18-14-26(3,4)37(15-18)24-20(25(39)34-43(40,41)21-16-35(5)36(6)19(21)2)8-9-22(32-24)38-13-10-23(33-38)42-17-27(11-7-12-27)28(29,30)31/h8-10,13,16,18H,7,11-12,14-15,17H2,1-6H3/p+1/t18-/m0/s1. The van der Waals surface area contributed by atoms with Gasteiger partial charge in [-0.1, -0.05) is 13.3 Å². The highest BCUT2D eigenvalue weighted by atomic mass is 32.2. The summed E-state index contributed by atoms with van der Waals surface area (Å²) in [5.74, 6) is 0.0355. The van der Waals surface area contributed by atoms with E-state index in [1.807, 2.05) is 18.7 Å². The van der Waals surface area contributed by atoms with Crippen LogP contribution in [0.25, 0.3) is 5.82 Å². The van der Waals surface area contributed by atoms with Crippen molar-refractivity contribution in [1.82, 2.24) is 24.2 Å². The Morgan fingerprint density at radius 1 is 1.23 bits per heavy atom. The second-order valence-electron chi connectivity index (χ2n) is 12.4. The van der Waals surface area contributed by atoms with Crippen LogP contribution in [0.4, 0.5) is 19.0 Å². The number of nitrogens with one attached hydrogen (secondary N) is 1. The van der Waals surface area contributed by atoms with Gasteiger partial charge < -0.3 is 9.64 Å². The van der Waals surface area contributed by atoms with Crippen LogP contribution in [0.15, 0.2) is 35.5 Å². The second kappa shape index (κ2) is 10.5. The molecule has 0 spiro atoms. The molecule has 15 heteroatoms. The molecule has 2 fully saturated rings. The molecule has 0 unspecified atom stereocenters. The minimum absolute atomic E-state index is 0.0215. The van der Waals surface area contributed by atoms with Gasteiger partial charge in [-0.15, -0.1) is 9.78 Å². The molecule has 1 amide bonds. The van der Waals surface area contributed by atoms with Gasteiger partial charge in [0.25, 0.3) is 15.9 Å². The lowest BCUT2D eigenvalue weighted by Crippen LogP contribution is -2.48. The third kappa shape index (κ3) is 5.58. The topological polar surface area (TPSA) is 115 Å². The Bertz CT molecular complexity index is 1660. The Morgan fingerprint density at radius 3 is 2.47 bits per heavy atom. The van der Waals surface area contributed by atoms with Crippen LogP contribution in [0.5, 0.6) is 5.88 Å². The second-order valence-corrected chi connectivity index (χ2v) is 14.1. The minimum atomic E-state index is -4.36. The maximum absolute atomic E-state index is 13.6. The van der Waals surface area contributed by atoms with Crippen molar-refractivity contribution in [2.45, 2.75) is 70.0 Å². The van der Waals surface area contributed by atoms with E-state index in [9.17, 15) is 26.4 Å². The highest BCUT2D eigenvalue weighted by Crippen LogP contribution is 2.53. The van der Waals surface area contributed by atoms with Crippen molar-refractivity contribution in [2.24, 2.45) is 25.4 Å². The molecular weight excluding hydrogens is 587 g/mol. The van der Waals surface area contributed by atoms with Gasteiger partial charge in [0.15, 0.2) is 17.8 Å². The predicted octanol–water partition coefficient (Wildman–Crippen LogP) is 3.59. The molecule has 1 saturated carbocycles. The molecule has 43 heavy (non-hydrogen) atoms. The summed E-state index contributed by atoms with van der Waals surface area (Å²) < 4.78 is 79.4. The summed E-state index contributed by atoms with van der Waals surface area (Å²) in [4.78, 5) is 20.2. The van der Waals surface area contributed by atoms with Crippen LogP contribution in [0.2, 0.25) is 0 Å². The van der Waals surface area contributed by atoms with Crippen LogP contribution in [0.1, 0.15) is 62.5 Å². The smallest absolute Gasteiger partial charge is 0.397 e. The number of carbonyl (C=O) groups excluding carboxylic acids is 1. The first-order valence-corrected chi connectivity index (χ1v) is 15.6. The van der Waals surface area contributed by atoms with Gasteiger partial charge in [-0.3, -0.25) is 4.79 Å². The number of halogens is 3. The van der Waals surface area contributed by atoms with Gasteiger partial charge in [-0.2, -0.15) is 17.9 Å². The lowest BCUT2D eigenvalue weighted by molar-refractivity contribution is -0.752. The van der Waals surface area contributed by atoms with Gasteiger partial charge in [0.05, 0.1) is 18.3 Å². The summed E-state index contributed by atoms with van der Waals surface area (Å²) in [6, 6.07) is 4.45. The lowest BCUT2D eigenvalue weighted by Gasteiger charge is -2.42. The van der Waals surface area contributed by atoms with Crippen molar-refractivity contribution < 1.29 is 35.8 Å². The lowest BCUT2D eigenvalue weighted by atomic mass is 9.69. The molecule has 11 nitrogen and oxygen atoms in total. The van der Waals surface area contributed by atoms with E-state index in [0.717, 1.165) is 6.42 Å². The summed E-state index contributed by atoms with van der Waals surface area (Å²) in [6.45, 7) is 7.84. The fourth-order valence-corrected chi connectivity index (χ4v) is 7.26. The molecule has 1 N–H and O–H groups in total. The van der Waals surface area contributed by atoms with Crippen LogP contribution in [-0.2, 0) is 24.1 Å². The van der Waals surface area contributed by atoms with Gasteiger partial charge in [-0.05, 0) is 58.1 Å². The molecule has 3 aromatic rings. The number of aryl methyl sites for hydroxylation is 1. The summed E-state index contributed by atoms with van der Waals surface area (Å²) in [5.41, 5.74) is -1.73. The molecule has 0 bridgehead atoms. The van der Waals surface area contributed by atoms with Crippen molar-refractivity contribution in [2.75, 3.05) is 18.1 Å². The number of hydrogen-bond donors (Lipinski definition) is 1. The molecule has 2 aliphatic rings. The molecular formula is C28H37F3N7O4S+. The number of anilines is 1. The van der Waals surface area contributed by atoms with Gasteiger partial charge in [0.1, 0.15) is 17.8 Å². The zero-order valence-corrected chi connectivity index (χ0v) is 25.9. The van der Waals surface area contributed by atoms with E-state index < -0.39 is 39.7 Å². The van der Waals surface area contributed by atoms with Crippen molar-refractivity contribution in [3.05, 3.63) is 41.9 Å². The fraction of sp³-hybridized carbons (Fsp3) is 0.571. The van der Waals surface area contributed by atoms with E-state index in [0.29, 0.717) is 24.5 Å². The molecule has 1 aliphatic carbocycles. The van der Waals surface area contributed by atoms with E-state index in [4.69, 9.17) is 9.72 Å². The van der Waals surface area contributed by atoms with Crippen LogP contribution in [-0.4, -0.2) is 58.6 Å². The Hall–Kier alpha value is -3.62. The summed E-state index contributed by atoms with van der Waals surface area (Å²) in [5, 5.41) is 4.28. The zero-order valence-electron chi connectivity index (χ0n) is 25.1. The SMILES string of the molecule is Cc1c(S(=O)(=O)NC(=O)c2ccc(-n3ccc(OCC4(C(F)(F)F)CCC4)n3)nc2N2C[C@@H](C)CC2(C)C)c[n+](C)n1C. The number of sulfonamides is 1. The quantitative estimate of drug-likeness (QED) is 0.381. The van der Waals surface area contributed by atoms with Crippen molar-refractivity contribution >= 4 is 21.7 Å². The maximum Gasteiger partial charge on any atom is 0.397 e. The van der Waals surface area contributed by atoms with Gasteiger partial charge >= 0.3 is 6.18 Å². The van der Waals surface area contributed by atoms with Crippen molar-refractivity contribution in [3.8, 4) is 11.7 Å². The third-order valence-electron chi connectivity index (χ3n) is 8.78. The normalized spacial score (nSPS) is 19.7. The minimum Gasteiger partial charge on any atom is -0.476 e. The summed E-state index contributed by atoms with van der Waals surface area (Å²) in [7, 11) is -0.804. The van der Waals surface area contributed by atoms with Crippen LogP contribution < -0.4 is 19.0 Å². The number of carbonyl (C=O) groups is 1. The number of alkyl halides is 3. The van der Waals surface area contributed by atoms with Gasteiger partial charge in [0.2, 0.25) is 12.1 Å². The Morgan fingerprint density at radius 2 is 1.93 bits per heavy atom. The first kappa shape index (κ1) is 30.8. The van der Waals surface area contributed by atoms with Crippen LogP contribution in [0.3, 0.4) is 0 Å². The number of nitrogens with zero attached hydrogens (tertiary/aromatic N) is 6. The average Bonchev–Trinajstić information content (AvgIpc) is 3.53. The first-order valence-electron chi connectivity index (χ1n) is 14.1. The van der Waals surface area contributed by atoms with E-state index >= 15 is 0 Å². The van der Waals surface area contributed by atoms with E-state index in [-0.39, 0.29) is 40.9 Å². The largest absolute Gasteiger partial charge is 0.476 e. The maximum atomic E-state index is 13.6. The molecule has 1 aliphatic heterocycles. The van der Waals surface area contributed by atoms with Crippen LogP contribution in [0, 0.1) is 18.3 Å². The molecule has 1 saturated heterocycles. The third-order valence-corrected chi connectivity index (χ3v) is 10.2. The van der Waals surface area contributed by atoms with E-state index in [1.165, 1.54) is 35.3 Å². The Labute approximate surface area is 248 Å².